The van der Waals surface area contributed by atoms with E-state index in [2.05, 4.69) is 10.6 Å². The van der Waals surface area contributed by atoms with Gasteiger partial charge in [0.25, 0.3) is 5.91 Å². The van der Waals surface area contributed by atoms with Gasteiger partial charge in [-0.25, -0.2) is 0 Å². The lowest BCUT2D eigenvalue weighted by Gasteiger charge is -2.34. The molecule has 1 aliphatic heterocycles. The third-order valence-corrected chi connectivity index (χ3v) is 2.33. The van der Waals surface area contributed by atoms with E-state index in [1.54, 1.807) is 12.1 Å². The van der Waals surface area contributed by atoms with Crippen LogP contribution in [0.5, 0.6) is 0 Å². The molecule has 0 spiro atoms. The zero-order valence-electron chi connectivity index (χ0n) is 8.02. The fourth-order valence-corrected chi connectivity index (χ4v) is 1.70. The molecule has 0 saturated carbocycles. The highest BCUT2D eigenvalue weighted by molar-refractivity contribution is 6.31. The van der Waals surface area contributed by atoms with Crippen LogP contribution in [0.4, 0.5) is 5.69 Å². The van der Waals surface area contributed by atoms with Gasteiger partial charge < -0.3 is 10.6 Å². The number of carbonyl (C=O) groups excluding carboxylic acids is 1. The minimum absolute atomic E-state index is 0.0914. The van der Waals surface area contributed by atoms with Crippen molar-refractivity contribution in [1.82, 2.24) is 5.32 Å². The maximum Gasteiger partial charge on any atom is 0.255 e. The van der Waals surface area contributed by atoms with Crippen LogP contribution in [-0.2, 0) is 0 Å². The number of nitrogens with one attached hydrogen (secondary N) is 2. The maximum atomic E-state index is 11.6. The maximum absolute atomic E-state index is 11.6. The van der Waals surface area contributed by atoms with Crippen LogP contribution >= 0.6 is 11.6 Å². The minimum Gasteiger partial charge on any atom is -0.363 e. The summed E-state index contributed by atoms with van der Waals surface area (Å²) < 4.78 is 0. The van der Waals surface area contributed by atoms with Gasteiger partial charge in [-0.05, 0) is 32.0 Å². The normalized spacial score (nSPS) is 18.1. The van der Waals surface area contributed by atoms with Crippen LogP contribution in [-0.4, -0.2) is 11.6 Å². The second-order valence-electron chi connectivity index (χ2n) is 3.89. The molecular weight excluding hydrogens is 200 g/mol. The van der Waals surface area contributed by atoms with E-state index in [1.807, 2.05) is 19.9 Å². The van der Waals surface area contributed by atoms with Crippen LogP contribution in [0.25, 0.3) is 0 Å². The van der Waals surface area contributed by atoms with Gasteiger partial charge in [-0.3, -0.25) is 4.79 Å². The number of hydrogen-bond acceptors (Lipinski definition) is 2. The number of carbonyl (C=O) groups is 1. The fraction of sp³-hybridized carbons (Fsp3) is 0.300. The van der Waals surface area contributed by atoms with Crippen LogP contribution < -0.4 is 10.6 Å². The molecule has 0 aliphatic carbocycles. The van der Waals surface area contributed by atoms with Crippen molar-refractivity contribution >= 4 is 23.2 Å². The third-order valence-electron chi connectivity index (χ3n) is 2.10. The SMILES string of the molecule is CC1(C)NC(=O)c2cc(Cl)ccc2N1. The molecule has 1 aromatic rings. The van der Waals surface area contributed by atoms with Gasteiger partial charge in [0.05, 0.1) is 5.56 Å². The fourth-order valence-electron chi connectivity index (χ4n) is 1.53. The van der Waals surface area contributed by atoms with E-state index in [-0.39, 0.29) is 5.91 Å². The van der Waals surface area contributed by atoms with Gasteiger partial charge in [-0.15, -0.1) is 0 Å². The third kappa shape index (κ3) is 1.55. The Morgan fingerprint density at radius 1 is 1.29 bits per heavy atom. The van der Waals surface area contributed by atoms with E-state index >= 15 is 0 Å². The van der Waals surface area contributed by atoms with E-state index in [4.69, 9.17) is 11.6 Å². The van der Waals surface area contributed by atoms with Gasteiger partial charge in [-0.2, -0.15) is 0 Å². The Hall–Kier alpha value is -1.22. The second-order valence-corrected chi connectivity index (χ2v) is 4.33. The summed E-state index contributed by atoms with van der Waals surface area (Å²) in [6.45, 7) is 3.81. The van der Waals surface area contributed by atoms with E-state index in [0.29, 0.717) is 10.6 Å². The molecule has 0 saturated heterocycles. The Balaban J connectivity index is 2.50. The standard InChI is InChI=1S/C10H11ClN2O/c1-10(2)12-8-4-3-6(11)5-7(8)9(14)13-10/h3-5,12H,1-2H3,(H,13,14). The molecule has 0 bridgehead atoms. The molecule has 1 amide bonds. The highest BCUT2D eigenvalue weighted by atomic mass is 35.5. The summed E-state index contributed by atoms with van der Waals surface area (Å²) in [5, 5.41) is 6.60. The molecule has 0 aromatic heterocycles. The molecule has 0 fully saturated rings. The molecule has 2 N–H and O–H groups in total. The molecular formula is C10H11ClN2O. The van der Waals surface area contributed by atoms with Crippen molar-refractivity contribution in [2.24, 2.45) is 0 Å². The molecule has 1 aliphatic rings. The van der Waals surface area contributed by atoms with Gasteiger partial charge in [0.15, 0.2) is 0 Å². The number of hydrogen-bond donors (Lipinski definition) is 2. The molecule has 0 unspecified atom stereocenters. The number of rotatable bonds is 0. The zero-order chi connectivity index (χ0) is 10.3. The van der Waals surface area contributed by atoms with Gasteiger partial charge in [0, 0.05) is 10.7 Å². The molecule has 1 aromatic carbocycles. The van der Waals surface area contributed by atoms with E-state index in [1.165, 1.54) is 0 Å². The molecule has 3 nitrogen and oxygen atoms in total. The summed E-state index contributed by atoms with van der Waals surface area (Å²) >= 11 is 5.81. The minimum atomic E-state index is -0.405. The Kier molecular flexibility index (Phi) is 1.93. The van der Waals surface area contributed by atoms with Crippen molar-refractivity contribution in [3.05, 3.63) is 28.8 Å². The lowest BCUT2D eigenvalue weighted by atomic mass is 10.1. The average Bonchev–Trinajstić information content (AvgIpc) is 2.05. The molecule has 0 radical (unpaired) electrons. The second kappa shape index (κ2) is 2.89. The van der Waals surface area contributed by atoms with E-state index in [9.17, 15) is 4.79 Å². The van der Waals surface area contributed by atoms with Crippen LogP contribution in [0.2, 0.25) is 5.02 Å². The van der Waals surface area contributed by atoms with Crippen molar-refractivity contribution in [1.29, 1.82) is 0 Å². The van der Waals surface area contributed by atoms with Gasteiger partial charge in [0.2, 0.25) is 0 Å². The zero-order valence-corrected chi connectivity index (χ0v) is 8.77. The Labute approximate surface area is 87.4 Å². The topological polar surface area (TPSA) is 41.1 Å². The molecule has 74 valence electrons. The first-order valence-corrected chi connectivity index (χ1v) is 4.76. The van der Waals surface area contributed by atoms with Gasteiger partial charge in [-0.1, -0.05) is 11.6 Å². The lowest BCUT2D eigenvalue weighted by molar-refractivity contribution is 0.0914. The largest absolute Gasteiger partial charge is 0.363 e. The highest BCUT2D eigenvalue weighted by Crippen LogP contribution is 2.26. The summed E-state index contributed by atoms with van der Waals surface area (Å²) in [7, 11) is 0. The van der Waals surface area contributed by atoms with Crippen LogP contribution in [0.15, 0.2) is 18.2 Å². The Morgan fingerprint density at radius 2 is 2.00 bits per heavy atom. The first-order chi connectivity index (χ1) is 6.48. The number of amides is 1. The molecule has 1 heterocycles. The quantitative estimate of drug-likeness (QED) is 0.690. The summed E-state index contributed by atoms with van der Waals surface area (Å²) in [4.78, 5) is 11.6. The molecule has 14 heavy (non-hydrogen) atoms. The number of benzene rings is 1. The molecule has 4 heteroatoms. The monoisotopic (exact) mass is 210 g/mol. The van der Waals surface area contributed by atoms with Crippen molar-refractivity contribution in [3.8, 4) is 0 Å². The Morgan fingerprint density at radius 3 is 2.71 bits per heavy atom. The van der Waals surface area contributed by atoms with Gasteiger partial charge >= 0.3 is 0 Å². The number of halogens is 1. The molecule has 0 atom stereocenters. The highest BCUT2D eigenvalue weighted by Gasteiger charge is 2.28. The van der Waals surface area contributed by atoms with Crippen molar-refractivity contribution < 1.29 is 4.79 Å². The van der Waals surface area contributed by atoms with Crippen LogP contribution in [0.1, 0.15) is 24.2 Å². The van der Waals surface area contributed by atoms with Crippen molar-refractivity contribution in [2.45, 2.75) is 19.5 Å². The predicted octanol–water partition coefficient (Wildman–Crippen LogP) is 2.23. The van der Waals surface area contributed by atoms with Gasteiger partial charge in [0.1, 0.15) is 5.66 Å². The summed E-state index contributed by atoms with van der Waals surface area (Å²) in [6.07, 6.45) is 0. The summed E-state index contributed by atoms with van der Waals surface area (Å²) in [6, 6.07) is 5.24. The summed E-state index contributed by atoms with van der Waals surface area (Å²) in [5.41, 5.74) is 1.01. The number of anilines is 1. The average molecular weight is 211 g/mol. The first-order valence-electron chi connectivity index (χ1n) is 4.38. The van der Waals surface area contributed by atoms with Crippen molar-refractivity contribution in [2.75, 3.05) is 5.32 Å². The number of fused-ring (bicyclic) bond motifs is 1. The van der Waals surface area contributed by atoms with Crippen LogP contribution in [0.3, 0.4) is 0 Å². The smallest absolute Gasteiger partial charge is 0.255 e. The van der Waals surface area contributed by atoms with E-state index < -0.39 is 5.66 Å². The van der Waals surface area contributed by atoms with E-state index in [0.717, 1.165) is 5.69 Å². The summed E-state index contributed by atoms with van der Waals surface area (Å²) in [5.74, 6) is -0.0914. The Bertz CT molecular complexity index is 401. The lowest BCUT2D eigenvalue weighted by Crippen LogP contribution is -2.53. The first kappa shape index (κ1) is 9.34. The molecule has 2 rings (SSSR count). The predicted molar refractivity (Wildman–Crippen MR) is 56.6 cm³/mol. The van der Waals surface area contributed by atoms with Crippen LogP contribution in [0, 0.1) is 0 Å². The van der Waals surface area contributed by atoms with Crippen molar-refractivity contribution in [3.63, 3.8) is 0 Å².